The van der Waals surface area contributed by atoms with Gasteiger partial charge in [-0.3, -0.25) is 4.98 Å². The summed E-state index contributed by atoms with van der Waals surface area (Å²) in [5, 5.41) is 0. The van der Waals surface area contributed by atoms with Gasteiger partial charge in [0.1, 0.15) is 0 Å². The van der Waals surface area contributed by atoms with Crippen LogP contribution in [0.25, 0.3) is 0 Å². The lowest BCUT2D eigenvalue weighted by molar-refractivity contribution is -0.188. The Bertz CT molecular complexity index is 500. The number of nitrogens with zero attached hydrogens (tertiary/aromatic N) is 1. The molecule has 1 aromatic rings. The highest BCUT2D eigenvalue weighted by Gasteiger charge is 2.50. The van der Waals surface area contributed by atoms with Gasteiger partial charge in [-0.15, -0.1) is 0 Å². The first-order chi connectivity index (χ1) is 9.40. The van der Waals surface area contributed by atoms with Crippen molar-refractivity contribution in [2.45, 2.75) is 56.2 Å². The van der Waals surface area contributed by atoms with Gasteiger partial charge in [-0.2, -0.15) is 13.2 Å². The van der Waals surface area contributed by atoms with Crippen LogP contribution in [-0.2, 0) is 6.42 Å². The molecule has 0 aliphatic heterocycles. The Balaban J connectivity index is 1.86. The van der Waals surface area contributed by atoms with Crippen LogP contribution < -0.4 is 5.73 Å². The Hall–Kier alpha value is -1.10. The van der Waals surface area contributed by atoms with Crippen molar-refractivity contribution in [1.29, 1.82) is 0 Å². The van der Waals surface area contributed by atoms with E-state index >= 15 is 0 Å². The number of halogens is 3. The van der Waals surface area contributed by atoms with Crippen LogP contribution in [0, 0.1) is 5.92 Å². The number of hydrogen-bond acceptors (Lipinski definition) is 2. The number of rotatable bonds is 1. The van der Waals surface area contributed by atoms with Gasteiger partial charge >= 0.3 is 6.18 Å². The number of alkyl halides is 3. The second-order valence-corrected chi connectivity index (χ2v) is 6.21. The van der Waals surface area contributed by atoms with Gasteiger partial charge in [0.25, 0.3) is 0 Å². The zero-order chi connectivity index (χ0) is 14.4. The van der Waals surface area contributed by atoms with Crippen LogP contribution in [0.15, 0.2) is 18.3 Å². The zero-order valence-electron chi connectivity index (χ0n) is 11.3. The molecule has 110 valence electrons. The molecule has 0 saturated heterocycles. The molecule has 3 unspecified atom stereocenters. The third kappa shape index (κ3) is 2.32. The lowest BCUT2D eigenvalue weighted by atomic mass is 9.68. The van der Waals surface area contributed by atoms with Crippen LogP contribution >= 0.6 is 0 Å². The molecule has 2 aliphatic rings. The lowest BCUT2D eigenvalue weighted by Gasteiger charge is -2.42. The molecule has 0 aromatic carbocycles. The first kappa shape index (κ1) is 13.9. The molecule has 1 saturated carbocycles. The van der Waals surface area contributed by atoms with Crippen LogP contribution in [0.3, 0.4) is 0 Å². The van der Waals surface area contributed by atoms with Crippen molar-refractivity contribution < 1.29 is 13.2 Å². The van der Waals surface area contributed by atoms with Gasteiger partial charge in [0.2, 0.25) is 0 Å². The van der Waals surface area contributed by atoms with E-state index in [1.807, 2.05) is 12.1 Å². The molecule has 0 bridgehead atoms. The highest BCUT2D eigenvalue weighted by molar-refractivity contribution is 5.32. The maximum absolute atomic E-state index is 13.0. The topological polar surface area (TPSA) is 38.9 Å². The average Bonchev–Trinajstić information content (AvgIpc) is 2.82. The highest BCUT2D eigenvalue weighted by Crippen LogP contribution is 2.49. The molecule has 5 heteroatoms. The number of aryl methyl sites for hydroxylation is 1. The molecule has 2 nitrogen and oxygen atoms in total. The number of pyridine rings is 1. The van der Waals surface area contributed by atoms with Gasteiger partial charge in [0, 0.05) is 23.3 Å². The minimum atomic E-state index is -4.13. The van der Waals surface area contributed by atoms with Gasteiger partial charge in [0.05, 0.1) is 5.92 Å². The zero-order valence-corrected chi connectivity index (χ0v) is 11.3. The molecule has 2 aliphatic carbocycles. The molecule has 1 heterocycles. The predicted octanol–water partition coefficient (Wildman–Crippen LogP) is 3.56. The van der Waals surface area contributed by atoms with E-state index in [-0.39, 0.29) is 18.8 Å². The number of hydrogen-bond donors (Lipinski definition) is 1. The fourth-order valence-corrected chi connectivity index (χ4v) is 3.91. The van der Waals surface area contributed by atoms with E-state index < -0.39 is 17.6 Å². The van der Waals surface area contributed by atoms with Crippen molar-refractivity contribution in [3.8, 4) is 0 Å². The van der Waals surface area contributed by atoms with Crippen LogP contribution in [0.2, 0.25) is 0 Å². The first-order valence-corrected chi connectivity index (χ1v) is 7.19. The van der Waals surface area contributed by atoms with Crippen molar-refractivity contribution in [2.24, 2.45) is 11.7 Å². The minimum absolute atomic E-state index is 0.0242. The fraction of sp³-hybridized carbons (Fsp3) is 0.667. The van der Waals surface area contributed by atoms with Gasteiger partial charge in [-0.25, -0.2) is 0 Å². The Labute approximate surface area is 116 Å². The van der Waals surface area contributed by atoms with Crippen LogP contribution in [0.4, 0.5) is 13.2 Å². The number of nitrogens with two attached hydrogens (primary N) is 1. The quantitative estimate of drug-likeness (QED) is 0.856. The SMILES string of the molecule is NC1(C2CCc3cccnc32)CCCC(C(F)(F)F)C1. The van der Waals surface area contributed by atoms with Gasteiger partial charge in [-0.05, 0) is 43.7 Å². The van der Waals surface area contributed by atoms with Crippen molar-refractivity contribution in [3.05, 3.63) is 29.6 Å². The van der Waals surface area contributed by atoms with E-state index in [4.69, 9.17) is 5.73 Å². The van der Waals surface area contributed by atoms with Gasteiger partial charge in [0.15, 0.2) is 0 Å². The van der Waals surface area contributed by atoms with Gasteiger partial charge < -0.3 is 5.73 Å². The molecular formula is C15H19F3N2. The van der Waals surface area contributed by atoms with E-state index in [2.05, 4.69) is 4.98 Å². The molecule has 3 atom stereocenters. The summed E-state index contributed by atoms with van der Waals surface area (Å²) >= 11 is 0. The van der Waals surface area contributed by atoms with Crippen molar-refractivity contribution in [1.82, 2.24) is 4.98 Å². The number of fused-ring (bicyclic) bond motifs is 1. The average molecular weight is 284 g/mol. The largest absolute Gasteiger partial charge is 0.391 e. The Kier molecular flexibility index (Phi) is 3.27. The minimum Gasteiger partial charge on any atom is -0.324 e. The van der Waals surface area contributed by atoms with Crippen molar-refractivity contribution in [2.75, 3.05) is 0 Å². The summed E-state index contributed by atoms with van der Waals surface area (Å²) in [5.74, 6) is -1.28. The molecule has 2 N–H and O–H groups in total. The summed E-state index contributed by atoms with van der Waals surface area (Å²) in [4.78, 5) is 4.39. The summed E-state index contributed by atoms with van der Waals surface area (Å²) in [6, 6.07) is 3.89. The third-order valence-electron chi connectivity index (χ3n) is 4.94. The van der Waals surface area contributed by atoms with Gasteiger partial charge in [-0.1, -0.05) is 12.5 Å². The third-order valence-corrected chi connectivity index (χ3v) is 4.94. The molecule has 1 aromatic heterocycles. The maximum Gasteiger partial charge on any atom is 0.391 e. The normalized spacial score (nSPS) is 34.0. The Morgan fingerprint density at radius 1 is 1.30 bits per heavy atom. The van der Waals surface area contributed by atoms with E-state index in [9.17, 15) is 13.2 Å². The molecule has 0 radical (unpaired) electrons. The highest BCUT2D eigenvalue weighted by atomic mass is 19.4. The van der Waals surface area contributed by atoms with E-state index in [0.717, 1.165) is 24.1 Å². The van der Waals surface area contributed by atoms with E-state index in [0.29, 0.717) is 12.8 Å². The van der Waals surface area contributed by atoms with Crippen LogP contribution in [0.1, 0.15) is 49.3 Å². The summed E-state index contributed by atoms with van der Waals surface area (Å²) in [7, 11) is 0. The van der Waals surface area contributed by atoms with Crippen molar-refractivity contribution >= 4 is 0 Å². The van der Waals surface area contributed by atoms with Crippen LogP contribution in [0.5, 0.6) is 0 Å². The molecule has 0 amide bonds. The molecule has 20 heavy (non-hydrogen) atoms. The Morgan fingerprint density at radius 2 is 2.10 bits per heavy atom. The second-order valence-electron chi connectivity index (χ2n) is 6.21. The summed E-state index contributed by atoms with van der Waals surface area (Å²) in [6.07, 6.45) is 0.763. The van der Waals surface area contributed by atoms with E-state index in [1.54, 1.807) is 6.20 Å². The van der Waals surface area contributed by atoms with Crippen LogP contribution in [-0.4, -0.2) is 16.7 Å². The predicted molar refractivity (Wildman–Crippen MR) is 70.2 cm³/mol. The van der Waals surface area contributed by atoms with E-state index in [1.165, 1.54) is 0 Å². The lowest BCUT2D eigenvalue weighted by Crippen LogP contribution is -2.51. The molecule has 3 rings (SSSR count). The second kappa shape index (κ2) is 4.72. The molecular weight excluding hydrogens is 265 g/mol. The standard InChI is InChI=1S/C15H19F3N2/c16-15(17,18)11-4-1-7-14(19,9-11)12-6-5-10-3-2-8-20-13(10)12/h2-3,8,11-12H,1,4-7,9,19H2. The number of aromatic nitrogens is 1. The summed E-state index contributed by atoms with van der Waals surface area (Å²) < 4.78 is 39.0. The maximum atomic E-state index is 13.0. The van der Waals surface area contributed by atoms with Crippen molar-refractivity contribution in [3.63, 3.8) is 0 Å². The smallest absolute Gasteiger partial charge is 0.324 e. The Morgan fingerprint density at radius 3 is 2.85 bits per heavy atom. The molecule has 1 fully saturated rings. The summed E-state index contributed by atoms with van der Waals surface area (Å²) in [6.45, 7) is 0. The first-order valence-electron chi connectivity index (χ1n) is 7.19. The fourth-order valence-electron chi connectivity index (χ4n) is 3.91. The molecule has 0 spiro atoms. The monoisotopic (exact) mass is 284 g/mol. The summed E-state index contributed by atoms with van der Waals surface area (Å²) in [5.41, 5.74) is 7.75.